The largest absolute Gasteiger partial charge is 0.462 e. The van der Waals surface area contributed by atoms with Crippen LogP contribution in [0.25, 0.3) is 0 Å². The van der Waals surface area contributed by atoms with Gasteiger partial charge in [-0.2, -0.15) is 0 Å². The molecular weight excluding hydrogens is 320 g/mol. The number of cyclic esters (lactones) is 1. The number of hydrogen-bond donors (Lipinski definition) is 0. The molecule has 4 nitrogen and oxygen atoms in total. The topological polar surface area (TPSA) is 44.8 Å². The highest BCUT2D eigenvalue weighted by molar-refractivity contribution is 6.74. The maximum atomic E-state index is 11.2. The Bertz CT molecular complexity index is 424. The number of hydrogen-bond acceptors (Lipinski definition) is 4. The molecule has 0 radical (unpaired) electrons. The van der Waals surface area contributed by atoms with Gasteiger partial charge in [-0.1, -0.05) is 33.3 Å². The SMILES string of the molecule is CCC(COCCCCC1=CC(=O)OCC1)O[Si](C)(C)C(C)(C)C. The van der Waals surface area contributed by atoms with Crippen molar-refractivity contribution in [3.8, 4) is 0 Å². The first kappa shape index (κ1) is 21.4. The normalized spacial score (nSPS) is 17.4. The Morgan fingerprint density at radius 1 is 1.29 bits per heavy atom. The molecular formula is C19H36O4Si. The Morgan fingerprint density at radius 3 is 2.58 bits per heavy atom. The lowest BCUT2D eigenvalue weighted by Crippen LogP contribution is -2.44. The lowest BCUT2D eigenvalue weighted by atomic mass is 10.0. The van der Waals surface area contributed by atoms with Crippen LogP contribution in [0.3, 0.4) is 0 Å². The number of unbranched alkanes of at least 4 members (excludes halogenated alkanes) is 1. The van der Waals surface area contributed by atoms with Crippen LogP contribution in [0.2, 0.25) is 18.1 Å². The van der Waals surface area contributed by atoms with Crippen molar-refractivity contribution in [3.05, 3.63) is 11.6 Å². The summed E-state index contributed by atoms with van der Waals surface area (Å²) in [5.41, 5.74) is 1.21. The van der Waals surface area contributed by atoms with E-state index < -0.39 is 8.32 Å². The van der Waals surface area contributed by atoms with E-state index in [4.69, 9.17) is 13.9 Å². The third-order valence-corrected chi connectivity index (χ3v) is 9.59. The molecule has 140 valence electrons. The summed E-state index contributed by atoms with van der Waals surface area (Å²) in [5.74, 6) is -0.193. The van der Waals surface area contributed by atoms with Crippen LogP contribution < -0.4 is 0 Å². The van der Waals surface area contributed by atoms with Crippen molar-refractivity contribution in [2.24, 2.45) is 0 Å². The van der Waals surface area contributed by atoms with Gasteiger partial charge >= 0.3 is 5.97 Å². The maximum absolute atomic E-state index is 11.2. The lowest BCUT2D eigenvalue weighted by molar-refractivity contribution is -0.138. The number of carbonyl (C=O) groups is 1. The predicted octanol–water partition coefficient (Wildman–Crippen LogP) is 4.85. The van der Waals surface area contributed by atoms with E-state index in [-0.39, 0.29) is 17.1 Å². The van der Waals surface area contributed by atoms with E-state index in [1.54, 1.807) is 6.08 Å². The van der Waals surface area contributed by atoms with Gasteiger partial charge in [0.25, 0.3) is 0 Å². The van der Waals surface area contributed by atoms with Crippen molar-refractivity contribution < 1.29 is 18.7 Å². The van der Waals surface area contributed by atoms with Crippen LogP contribution in [0.4, 0.5) is 0 Å². The van der Waals surface area contributed by atoms with E-state index in [2.05, 4.69) is 40.8 Å². The van der Waals surface area contributed by atoms with Crippen molar-refractivity contribution >= 4 is 14.3 Å². The fourth-order valence-corrected chi connectivity index (χ4v) is 3.78. The zero-order valence-corrected chi connectivity index (χ0v) is 17.4. The van der Waals surface area contributed by atoms with Crippen LogP contribution >= 0.6 is 0 Å². The second kappa shape index (κ2) is 9.73. The number of carbonyl (C=O) groups excluding carboxylic acids is 1. The van der Waals surface area contributed by atoms with Crippen LogP contribution in [0.5, 0.6) is 0 Å². The summed E-state index contributed by atoms with van der Waals surface area (Å²) in [4.78, 5) is 11.2. The summed E-state index contributed by atoms with van der Waals surface area (Å²) in [5, 5.41) is 0.231. The molecule has 1 aliphatic rings. The molecule has 1 rings (SSSR count). The van der Waals surface area contributed by atoms with E-state index in [1.165, 1.54) is 5.57 Å². The van der Waals surface area contributed by atoms with Gasteiger partial charge in [0.1, 0.15) is 0 Å². The standard InChI is InChI=1S/C19H36O4Si/c1-7-17(23-24(5,6)19(2,3)4)15-21-12-9-8-10-16-11-13-22-18(20)14-16/h14,17H,7-13,15H2,1-6H3. The molecule has 0 aliphatic carbocycles. The fraction of sp³-hybridized carbons (Fsp3) is 0.842. The first-order valence-electron chi connectivity index (χ1n) is 9.27. The summed E-state index contributed by atoms with van der Waals surface area (Å²) in [6, 6.07) is 0. The molecule has 5 heteroatoms. The van der Waals surface area contributed by atoms with Crippen LogP contribution in [0.15, 0.2) is 11.6 Å². The van der Waals surface area contributed by atoms with Gasteiger partial charge in [0.2, 0.25) is 0 Å². The molecule has 0 spiro atoms. The number of rotatable bonds is 10. The van der Waals surface area contributed by atoms with Crippen molar-refractivity contribution in [1.82, 2.24) is 0 Å². The van der Waals surface area contributed by atoms with Crippen LogP contribution in [-0.4, -0.2) is 40.2 Å². The Hall–Kier alpha value is -0.653. The lowest BCUT2D eigenvalue weighted by Gasteiger charge is -2.39. The summed E-state index contributed by atoms with van der Waals surface area (Å²) >= 11 is 0. The molecule has 1 aliphatic heterocycles. The minimum Gasteiger partial charge on any atom is -0.462 e. The first-order valence-corrected chi connectivity index (χ1v) is 12.2. The number of ether oxygens (including phenoxy) is 2. The van der Waals surface area contributed by atoms with Crippen molar-refractivity contribution in [1.29, 1.82) is 0 Å². The molecule has 0 aromatic rings. The minimum absolute atomic E-state index is 0.193. The average Bonchev–Trinajstić information content (AvgIpc) is 2.48. The van der Waals surface area contributed by atoms with Gasteiger partial charge in [0.15, 0.2) is 8.32 Å². The monoisotopic (exact) mass is 356 g/mol. The molecule has 0 aromatic heterocycles. The van der Waals surface area contributed by atoms with Crippen LogP contribution in [0.1, 0.15) is 59.8 Å². The van der Waals surface area contributed by atoms with Crippen molar-refractivity contribution in [2.75, 3.05) is 19.8 Å². The van der Waals surface area contributed by atoms with Crippen molar-refractivity contribution in [3.63, 3.8) is 0 Å². The average molecular weight is 357 g/mol. The van der Waals surface area contributed by atoms with Crippen LogP contribution in [0, 0.1) is 0 Å². The Kier molecular flexibility index (Phi) is 8.67. The summed E-state index contributed by atoms with van der Waals surface area (Å²) < 4.78 is 17.2. The zero-order chi connectivity index (χ0) is 18.2. The highest BCUT2D eigenvalue weighted by atomic mass is 28.4. The van der Waals surface area contributed by atoms with Gasteiger partial charge in [0.05, 0.1) is 19.3 Å². The maximum Gasteiger partial charge on any atom is 0.330 e. The quantitative estimate of drug-likeness (QED) is 0.319. The number of esters is 1. The molecule has 24 heavy (non-hydrogen) atoms. The molecule has 0 amide bonds. The summed E-state index contributed by atoms with van der Waals surface area (Å²) in [6.07, 6.45) is 6.75. The Labute approximate surface area is 149 Å². The summed E-state index contributed by atoms with van der Waals surface area (Å²) in [6.45, 7) is 15.5. The summed E-state index contributed by atoms with van der Waals surface area (Å²) in [7, 11) is -1.72. The van der Waals surface area contributed by atoms with E-state index in [1.807, 2.05) is 0 Å². The highest BCUT2D eigenvalue weighted by Gasteiger charge is 2.38. The minimum atomic E-state index is -1.72. The highest BCUT2D eigenvalue weighted by Crippen LogP contribution is 2.37. The third-order valence-electron chi connectivity index (χ3n) is 5.05. The van der Waals surface area contributed by atoms with E-state index in [0.29, 0.717) is 13.2 Å². The van der Waals surface area contributed by atoms with Gasteiger partial charge < -0.3 is 13.9 Å². The predicted molar refractivity (Wildman–Crippen MR) is 101 cm³/mol. The molecule has 1 atom stereocenters. The molecule has 0 saturated carbocycles. The first-order chi connectivity index (χ1) is 11.2. The van der Waals surface area contributed by atoms with Crippen LogP contribution in [-0.2, 0) is 18.7 Å². The second-order valence-corrected chi connectivity index (χ2v) is 12.9. The Balaban J connectivity index is 2.20. The molecule has 0 bridgehead atoms. The smallest absolute Gasteiger partial charge is 0.330 e. The van der Waals surface area contributed by atoms with Gasteiger partial charge in [0, 0.05) is 19.1 Å². The van der Waals surface area contributed by atoms with Gasteiger partial charge in [-0.25, -0.2) is 4.79 Å². The van der Waals surface area contributed by atoms with Gasteiger partial charge in [-0.3, -0.25) is 0 Å². The molecule has 0 aromatic carbocycles. The van der Waals surface area contributed by atoms with E-state index in [0.717, 1.165) is 38.7 Å². The molecule has 0 fully saturated rings. The zero-order valence-electron chi connectivity index (χ0n) is 16.4. The second-order valence-electron chi connectivity index (χ2n) is 8.16. The van der Waals surface area contributed by atoms with Gasteiger partial charge in [-0.05, 0) is 43.8 Å². The van der Waals surface area contributed by atoms with E-state index >= 15 is 0 Å². The fourth-order valence-electron chi connectivity index (χ4n) is 2.36. The molecule has 0 saturated heterocycles. The molecule has 1 unspecified atom stereocenters. The Morgan fingerprint density at radius 2 is 2.00 bits per heavy atom. The van der Waals surface area contributed by atoms with Gasteiger partial charge in [-0.15, -0.1) is 0 Å². The molecule has 1 heterocycles. The third kappa shape index (κ3) is 7.49. The van der Waals surface area contributed by atoms with E-state index in [9.17, 15) is 4.79 Å². The molecule has 0 N–H and O–H groups in total. The van der Waals surface area contributed by atoms with Crippen molar-refractivity contribution in [2.45, 2.75) is 84.0 Å².